The number of nitrogens with one attached hydrogen (secondary N) is 1. The molecule has 1 atom stereocenters. The van der Waals surface area contributed by atoms with E-state index in [1.54, 1.807) is 0 Å². The Morgan fingerprint density at radius 1 is 1.65 bits per heavy atom. The average Bonchev–Trinajstić information content (AvgIpc) is 2.76. The molecule has 0 aromatic carbocycles. The third-order valence-corrected chi connectivity index (χ3v) is 3.07. The normalized spacial score (nSPS) is 25.4. The first-order valence-corrected chi connectivity index (χ1v) is 5.75. The van der Waals surface area contributed by atoms with E-state index in [0.29, 0.717) is 0 Å². The van der Waals surface area contributed by atoms with Gasteiger partial charge in [-0.15, -0.1) is 0 Å². The van der Waals surface area contributed by atoms with E-state index in [2.05, 4.69) is 10.3 Å². The number of ether oxygens (including phenoxy) is 1. The molecule has 2 heterocycles. The molecule has 1 fully saturated rings. The van der Waals surface area contributed by atoms with Gasteiger partial charge in [-0.1, -0.05) is 0 Å². The molecule has 1 N–H and O–H groups in total. The summed E-state index contributed by atoms with van der Waals surface area (Å²) in [6.07, 6.45) is 4.62. The van der Waals surface area contributed by atoms with Crippen molar-refractivity contribution in [1.29, 1.82) is 0 Å². The van der Waals surface area contributed by atoms with Gasteiger partial charge in [-0.25, -0.2) is 4.98 Å². The molecule has 0 saturated carbocycles. The maximum atomic E-state index is 12.6. The lowest BCUT2D eigenvalue weighted by Gasteiger charge is -2.34. The number of halogens is 2. The summed E-state index contributed by atoms with van der Waals surface area (Å²) in [4.78, 5) is 3.89. The van der Waals surface area contributed by atoms with Crippen LogP contribution in [-0.4, -0.2) is 28.2 Å². The quantitative estimate of drug-likeness (QED) is 0.881. The monoisotopic (exact) mass is 245 g/mol. The SMILES string of the molecule is CC1(OCc2nccn2C(F)F)CCCNC1. The van der Waals surface area contributed by atoms with Crippen LogP contribution in [0, 0.1) is 0 Å². The minimum Gasteiger partial charge on any atom is -0.366 e. The predicted molar refractivity (Wildman–Crippen MR) is 58.8 cm³/mol. The Labute approximate surface area is 99.0 Å². The van der Waals surface area contributed by atoms with Gasteiger partial charge in [0.1, 0.15) is 12.4 Å². The van der Waals surface area contributed by atoms with E-state index in [1.165, 1.54) is 12.4 Å². The van der Waals surface area contributed by atoms with Crippen LogP contribution in [0.25, 0.3) is 0 Å². The zero-order valence-corrected chi connectivity index (χ0v) is 9.83. The molecule has 0 radical (unpaired) electrons. The van der Waals surface area contributed by atoms with Gasteiger partial charge in [0.05, 0.1) is 5.60 Å². The van der Waals surface area contributed by atoms with Crippen molar-refractivity contribution in [3.63, 3.8) is 0 Å². The van der Waals surface area contributed by atoms with Crippen LogP contribution in [0.2, 0.25) is 0 Å². The molecule has 96 valence electrons. The van der Waals surface area contributed by atoms with E-state index in [-0.39, 0.29) is 18.0 Å². The van der Waals surface area contributed by atoms with Crippen LogP contribution in [0.4, 0.5) is 8.78 Å². The van der Waals surface area contributed by atoms with Crippen molar-refractivity contribution in [2.24, 2.45) is 0 Å². The highest BCUT2D eigenvalue weighted by Crippen LogP contribution is 2.22. The molecular formula is C11H17F2N3O. The standard InChI is InChI=1S/C11H17F2N3O/c1-11(3-2-4-14-8-11)17-7-9-15-5-6-16(9)10(12)13/h5-6,10,14H,2-4,7-8H2,1H3. The number of rotatable bonds is 4. The summed E-state index contributed by atoms with van der Waals surface area (Å²) in [6.45, 7) is 1.30. The molecule has 1 saturated heterocycles. The van der Waals surface area contributed by atoms with Gasteiger partial charge in [-0.2, -0.15) is 8.78 Å². The Kier molecular flexibility index (Phi) is 3.73. The molecule has 1 aliphatic rings. The first-order valence-electron chi connectivity index (χ1n) is 5.75. The van der Waals surface area contributed by atoms with Crippen molar-refractivity contribution >= 4 is 0 Å². The number of imidazole rings is 1. The van der Waals surface area contributed by atoms with Gasteiger partial charge in [0.25, 0.3) is 0 Å². The molecule has 1 aliphatic heterocycles. The Morgan fingerprint density at radius 3 is 3.12 bits per heavy atom. The summed E-state index contributed by atoms with van der Waals surface area (Å²) in [5.74, 6) is 0.270. The molecule has 0 spiro atoms. The van der Waals surface area contributed by atoms with Crippen LogP contribution in [0.5, 0.6) is 0 Å². The lowest BCUT2D eigenvalue weighted by molar-refractivity contribution is -0.0637. The average molecular weight is 245 g/mol. The second-order valence-electron chi connectivity index (χ2n) is 4.55. The third kappa shape index (κ3) is 3.01. The highest BCUT2D eigenvalue weighted by Gasteiger charge is 2.28. The van der Waals surface area contributed by atoms with Gasteiger partial charge in [0.2, 0.25) is 0 Å². The van der Waals surface area contributed by atoms with Gasteiger partial charge in [0.15, 0.2) is 0 Å². The first kappa shape index (κ1) is 12.4. The summed E-state index contributed by atoms with van der Waals surface area (Å²) in [6, 6.07) is 0. The van der Waals surface area contributed by atoms with Crippen LogP contribution in [-0.2, 0) is 11.3 Å². The number of piperidine rings is 1. The molecule has 2 rings (SSSR count). The zero-order valence-electron chi connectivity index (χ0n) is 9.83. The lowest BCUT2D eigenvalue weighted by Crippen LogP contribution is -2.45. The van der Waals surface area contributed by atoms with Gasteiger partial charge >= 0.3 is 6.55 Å². The smallest absolute Gasteiger partial charge is 0.320 e. The maximum Gasteiger partial charge on any atom is 0.320 e. The van der Waals surface area contributed by atoms with E-state index < -0.39 is 6.55 Å². The Morgan fingerprint density at radius 2 is 2.47 bits per heavy atom. The van der Waals surface area contributed by atoms with Gasteiger partial charge in [-0.3, -0.25) is 4.57 Å². The van der Waals surface area contributed by atoms with Crippen LogP contribution < -0.4 is 5.32 Å². The summed E-state index contributed by atoms with van der Waals surface area (Å²) < 4.78 is 31.7. The molecule has 6 heteroatoms. The third-order valence-electron chi connectivity index (χ3n) is 3.07. The fraction of sp³-hybridized carbons (Fsp3) is 0.727. The van der Waals surface area contributed by atoms with Gasteiger partial charge in [0, 0.05) is 18.9 Å². The van der Waals surface area contributed by atoms with E-state index in [4.69, 9.17) is 4.74 Å². The van der Waals surface area contributed by atoms with Crippen LogP contribution in [0.1, 0.15) is 32.1 Å². The lowest BCUT2D eigenvalue weighted by atomic mass is 9.96. The van der Waals surface area contributed by atoms with Crippen molar-refractivity contribution in [2.45, 2.75) is 38.5 Å². The summed E-state index contributed by atoms with van der Waals surface area (Å²) in [7, 11) is 0. The largest absolute Gasteiger partial charge is 0.366 e. The van der Waals surface area contributed by atoms with Crippen molar-refractivity contribution in [2.75, 3.05) is 13.1 Å². The molecule has 1 aromatic heterocycles. The second kappa shape index (κ2) is 5.10. The highest BCUT2D eigenvalue weighted by atomic mass is 19.3. The van der Waals surface area contributed by atoms with E-state index in [0.717, 1.165) is 30.5 Å². The molecule has 1 unspecified atom stereocenters. The Bertz CT molecular complexity index is 361. The van der Waals surface area contributed by atoms with Crippen LogP contribution in [0.3, 0.4) is 0 Å². The fourth-order valence-electron chi connectivity index (χ4n) is 2.02. The Balaban J connectivity index is 1.94. The van der Waals surface area contributed by atoms with Crippen molar-refractivity contribution in [3.05, 3.63) is 18.2 Å². The zero-order chi connectivity index (χ0) is 12.3. The summed E-state index contributed by atoms with van der Waals surface area (Å²) >= 11 is 0. The molecular weight excluding hydrogens is 228 g/mol. The van der Waals surface area contributed by atoms with Crippen LogP contribution >= 0.6 is 0 Å². The fourth-order valence-corrected chi connectivity index (χ4v) is 2.02. The maximum absolute atomic E-state index is 12.6. The Hall–Kier alpha value is -1.01. The van der Waals surface area contributed by atoms with Crippen molar-refractivity contribution in [1.82, 2.24) is 14.9 Å². The van der Waals surface area contributed by atoms with Crippen LogP contribution in [0.15, 0.2) is 12.4 Å². The van der Waals surface area contributed by atoms with E-state index >= 15 is 0 Å². The summed E-state index contributed by atoms with van der Waals surface area (Å²) in [5, 5.41) is 3.24. The molecule has 0 aliphatic carbocycles. The molecule has 1 aromatic rings. The molecule has 17 heavy (non-hydrogen) atoms. The number of nitrogens with zero attached hydrogens (tertiary/aromatic N) is 2. The van der Waals surface area contributed by atoms with E-state index in [1.807, 2.05) is 6.92 Å². The van der Waals surface area contributed by atoms with Crippen molar-refractivity contribution < 1.29 is 13.5 Å². The predicted octanol–water partition coefficient (Wildman–Crippen LogP) is 1.94. The summed E-state index contributed by atoms with van der Waals surface area (Å²) in [5.41, 5.74) is -0.281. The highest BCUT2D eigenvalue weighted by molar-refractivity contribution is 4.92. The minimum absolute atomic E-state index is 0.121. The second-order valence-corrected chi connectivity index (χ2v) is 4.55. The minimum atomic E-state index is -2.56. The van der Waals surface area contributed by atoms with Gasteiger partial charge < -0.3 is 10.1 Å². The van der Waals surface area contributed by atoms with Gasteiger partial charge in [-0.05, 0) is 26.3 Å². The first-order chi connectivity index (χ1) is 8.11. The molecule has 0 bridgehead atoms. The topological polar surface area (TPSA) is 39.1 Å². The number of alkyl halides is 2. The number of hydrogen-bond acceptors (Lipinski definition) is 3. The molecule has 4 nitrogen and oxygen atoms in total. The van der Waals surface area contributed by atoms with Crippen molar-refractivity contribution in [3.8, 4) is 0 Å². The molecule has 0 amide bonds. The number of aromatic nitrogens is 2. The number of hydrogen-bond donors (Lipinski definition) is 1. The van der Waals surface area contributed by atoms with E-state index in [9.17, 15) is 8.78 Å².